The van der Waals surface area contributed by atoms with Gasteiger partial charge < -0.3 is 24.8 Å². The number of aromatic nitrogens is 3. The van der Waals surface area contributed by atoms with Crippen molar-refractivity contribution in [1.82, 2.24) is 19.9 Å². The summed E-state index contributed by atoms with van der Waals surface area (Å²) in [6, 6.07) is 8.44. The molecule has 0 saturated carbocycles. The van der Waals surface area contributed by atoms with Crippen LogP contribution in [0.5, 0.6) is 0 Å². The molecular formula is C33H41N7O4S. The quantitative estimate of drug-likeness (QED) is 0.362. The van der Waals surface area contributed by atoms with Crippen LogP contribution in [0.25, 0.3) is 10.8 Å². The fourth-order valence-corrected chi connectivity index (χ4v) is 8.76. The molecule has 2 bridgehead atoms. The van der Waals surface area contributed by atoms with E-state index in [1.807, 2.05) is 17.2 Å². The van der Waals surface area contributed by atoms with E-state index in [9.17, 15) is 13.2 Å². The summed E-state index contributed by atoms with van der Waals surface area (Å²) in [6.07, 6.45) is 11.6. The van der Waals surface area contributed by atoms with Crippen molar-refractivity contribution in [2.24, 2.45) is 5.92 Å². The number of sulfone groups is 1. The summed E-state index contributed by atoms with van der Waals surface area (Å²) >= 11 is 0. The molecule has 45 heavy (non-hydrogen) atoms. The number of rotatable bonds is 8. The van der Waals surface area contributed by atoms with Gasteiger partial charge in [0.15, 0.2) is 0 Å². The molecule has 4 aliphatic heterocycles. The second-order valence-electron chi connectivity index (χ2n) is 13.0. The van der Waals surface area contributed by atoms with Gasteiger partial charge >= 0.3 is 0 Å². The fraction of sp³-hybridized carbons (Fsp3) is 0.515. The number of carbonyl (C=O) groups is 1. The van der Waals surface area contributed by atoms with E-state index in [1.165, 1.54) is 12.3 Å². The summed E-state index contributed by atoms with van der Waals surface area (Å²) in [4.78, 5) is 33.6. The minimum absolute atomic E-state index is 0.0606. The number of piperidine rings is 2. The highest BCUT2D eigenvalue weighted by Gasteiger charge is 2.39. The number of nitrogens with zero attached hydrogens (tertiary/aromatic N) is 6. The average Bonchev–Trinajstić information content (AvgIpc) is 3.41. The van der Waals surface area contributed by atoms with Gasteiger partial charge in [-0.25, -0.2) is 18.4 Å². The lowest BCUT2D eigenvalue weighted by Crippen LogP contribution is -2.57. The largest absolute Gasteiger partial charge is 0.376 e. The van der Waals surface area contributed by atoms with Crippen molar-refractivity contribution in [2.75, 3.05) is 53.4 Å². The molecule has 0 unspecified atom stereocenters. The minimum Gasteiger partial charge on any atom is -0.376 e. The van der Waals surface area contributed by atoms with E-state index < -0.39 is 9.84 Å². The molecule has 1 aromatic carbocycles. The Hall–Kier alpha value is -3.77. The summed E-state index contributed by atoms with van der Waals surface area (Å²) in [5.74, 6) is 2.20. The van der Waals surface area contributed by atoms with Crippen LogP contribution in [0, 0.1) is 5.92 Å². The first-order valence-corrected chi connectivity index (χ1v) is 18.0. The number of carbonyl (C=O) groups excluding carboxylic acids is 1. The lowest BCUT2D eigenvalue weighted by atomic mass is 9.87. The molecule has 1 amide bonds. The van der Waals surface area contributed by atoms with Gasteiger partial charge in [-0.2, -0.15) is 4.98 Å². The van der Waals surface area contributed by atoms with Gasteiger partial charge in [0.2, 0.25) is 11.9 Å². The van der Waals surface area contributed by atoms with Gasteiger partial charge in [0.05, 0.1) is 30.5 Å². The SMILES string of the molecule is C=CC(=O)N1CCCC[C@@H]1c1ccc(N2C[C@H](CS(C)(=O)=O)[C@H]2C)c2cnc(Nc3ccnc(N4CC[C@H]5C[C@@H]4CO5)n3)cc12. The molecule has 4 saturated heterocycles. The van der Waals surface area contributed by atoms with Gasteiger partial charge in [-0.15, -0.1) is 0 Å². The standard InChI is InChI=1S/C33H41N7O4S/c1-4-32(41)39-13-6-5-7-28(39)25-8-9-29(40-18-22(21(40)2)20-45(3,42)43)27-17-35-31(16-26(25)27)36-30-10-12-34-33(37-30)38-14-11-24-15-23(38)19-44-24/h4,8-10,12,16-17,21-24,28H,1,5-7,11,13-15,18-20H2,2-3H3,(H,34,35,36,37)/t21-,22-,23-,24+,28-/m1/s1. The summed E-state index contributed by atoms with van der Waals surface area (Å²) < 4.78 is 29.9. The molecule has 7 rings (SSSR count). The van der Waals surface area contributed by atoms with Gasteiger partial charge in [0.1, 0.15) is 21.5 Å². The van der Waals surface area contributed by atoms with E-state index in [-0.39, 0.29) is 29.7 Å². The Bertz CT molecular complexity index is 1730. The van der Waals surface area contributed by atoms with Gasteiger partial charge in [-0.3, -0.25) is 4.79 Å². The number of hydrogen-bond donors (Lipinski definition) is 1. The Morgan fingerprint density at radius 2 is 1.98 bits per heavy atom. The van der Waals surface area contributed by atoms with E-state index in [2.05, 4.69) is 51.8 Å². The van der Waals surface area contributed by atoms with Gasteiger partial charge in [-0.05, 0) is 74.3 Å². The molecule has 4 aliphatic rings. The predicted octanol–water partition coefficient (Wildman–Crippen LogP) is 4.24. The molecule has 2 aromatic heterocycles. The van der Waals surface area contributed by atoms with E-state index in [4.69, 9.17) is 14.7 Å². The van der Waals surface area contributed by atoms with Crippen molar-refractivity contribution < 1.29 is 17.9 Å². The van der Waals surface area contributed by atoms with E-state index in [0.29, 0.717) is 49.4 Å². The highest BCUT2D eigenvalue weighted by molar-refractivity contribution is 7.90. The van der Waals surface area contributed by atoms with Crippen LogP contribution in [-0.4, -0.2) is 90.6 Å². The molecule has 12 heteroatoms. The van der Waals surface area contributed by atoms with E-state index >= 15 is 0 Å². The minimum atomic E-state index is -3.06. The normalized spacial score (nSPS) is 26.5. The smallest absolute Gasteiger partial charge is 0.246 e. The Labute approximate surface area is 264 Å². The van der Waals surface area contributed by atoms with Crippen molar-refractivity contribution in [3.05, 3.63) is 54.9 Å². The maximum absolute atomic E-state index is 12.9. The topological polar surface area (TPSA) is 121 Å². The van der Waals surface area contributed by atoms with Crippen molar-refractivity contribution >= 4 is 49.8 Å². The number of pyridine rings is 1. The average molecular weight is 632 g/mol. The molecule has 4 fully saturated rings. The molecule has 238 valence electrons. The zero-order valence-electron chi connectivity index (χ0n) is 25.9. The highest BCUT2D eigenvalue weighted by Crippen LogP contribution is 2.42. The van der Waals surface area contributed by atoms with Crippen LogP contribution in [-0.2, 0) is 19.4 Å². The van der Waals surface area contributed by atoms with Crippen LogP contribution >= 0.6 is 0 Å². The first kappa shape index (κ1) is 29.9. The predicted molar refractivity (Wildman–Crippen MR) is 176 cm³/mol. The number of benzene rings is 1. The first-order chi connectivity index (χ1) is 21.7. The number of hydrogen-bond acceptors (Lipinski definition) is 10. The lowest BCUT2D eigenvalue weighted by molar-refractivity contribution is -0.129. The Balaban J connectivity index is 1.24. The number of likely N-dealkylation sites (tertiary alicyclic amines) is 1. The number of amides is 1. The molecule has 1 N–H and O–H groups in total. The lowest BCUT2D eigenvalue weighted by Gasteiger charge is -2.48. The number of fused-ring (bicyclic) bond motifs is 3. The first-order valence-electron chi connectivity index (χ1n) is 16.0. The van der Waals surface area contributed by atoms with Gasteiger partial charge in [0.25, 0.3) is 0 Å². The van der Waals surface area contributed by atoms with Crippen molar-refractivity contribution in [3.8, 4) is 0 Å². The monoisotopic (exact) mass is 631 g/mol. The van der Waals surface area contributed by atoms with Crippen LogP contribution in [0.4, 0.5) is 23.3 Å². The third-order valence-electron chi connectivity index (χ3n) is 10.0. The zero-order chi connectivity index (χ0) is 31.3. The summed E-state index contributed by atoms with van der Waals surface area (Å²) in [6.45, 7) is 8.78. The Kier molecular flexibility index (Phi) is 7.89. The fourth-order valence-electron chi connectivity index (χ4n) is 7.60. The summed E-state index contributed by atoms with van der Waals surface area (Å²) in [5, 5.41) is 5.40. The summed E-state index contributed by atoms with van der Waals surface area (Å²) in [7, 11) is -3.06. The van der Waals surface area contributed by atoms with E-state index in [1.54, 1.807) is 6.20 Å². The molecule has 3 aromatic rings. The number of anilines is 4. The second-order valence-corrected chi connectivity index (χ2v) is 15.2. The molecule has 5 atom stereocenters. The second kappa shape index (κ2) is 11.9. The Morgan fingerprint density at radius 1 is 1.11 bits per heavy atom. The molecule has 0 spiro atoms. The highest BCUT2D eigenvalue weighted by atomic mass is 32.2. The molecule has 0 aliphatic carbocycles. The van der Waals surface area contributed by atoms with Crippen molar-refractivity contribution in [3.63, 3.8) is 0 Å². The van der Waals surface area contributed by atoms with Crippen molar-refractivity contribution in [1.29, 1.82) is 0 Å². The Morgan fingerprint density at radius 3 is 2.78 bits per heavy atom. The van der Waals surface area contributed by atoms with E-state index in [0.717, 1.165) is 60.7 Å². The number of nitrogens with one attached hydrogen (secondary N) is 1. The molecule has 0 radical (unpaired) electrons. The van der Waals surface area contributed by atoms with Crippen LogP contribution in [0.3, 0.4) is 0 Å². The van der Waals surface area contributed by atoms with Crippen LogP contribution in [0.1, 0.15) is 50.6 Å². The third kappa shape index (κ3) is 5.85. The summed E-state index contributed by atoms with van der Waals surface area (Å²) in [5.41, 5.74) is 2.09. The van der Waals surface area contributed by atoms with Crippen LogP contribution in [0.15, 0.2) is 49.3 Å². The van der Waals surface area contributed by atoms with Gasteiger partial charge in [-0.1, -0.05) is 12.6 Å². The maximum atomic E-state index is 12.9. The van der Waals surface area contributed by atoms with Crippen molar-refractivity contribution in [2.45, 2.75) is 63.3 Å². The zero-order valence-corrected chi connectivity index (χ0v) is 26.7. The molecule has 6 heterocycles. The third-order valence-corrected chi connectivity index (χ3v) is 11.0. The number of ether oxygens (including phenoxy) is 1. The van der Waals surface area contributed by atoms with Gasteiger partial charge in [0, 0.05) is 61.3 Å². The van der Waals surface area contributed by atoms with Crippen LogP contribution < -0.4 is 15.1 Å². The molecular weight excluding hydrogens is 590 g/mol. The van der Waals surface area contributed by atoms with Crippen LogP contribution in [0.2, 0.25) is 0 Å². The maximum Gasteiger partial charge on any atom is 0.246 e. The molecule has 11 nitrogen and oxygen atoms in total.